The van der Waals surface area contributed by atoms with E-state index in [4.69, 9.17) is 4.74 Å². The van der Waals surface area contributed by atoms with Crippen LogP contribution >= 0.6 is 0 Å². The summed E-state index contributed by atoms with van der Waals surface area (Å²) in [5.74, 6) is 0.742. The minimum absolute atomic E-state index is 0.0188. The van der Waals surface area contributed by atoms with Crippen LogP contribution in [-0.4, -0.2) is 28.0 Å². The fourth-order valence-corrected chi connectivity index (χ4v) is 2.49. The van der Waals surface area contributed by atoms with E-state index >= 15 is 0 Å². The fraction of sp³-hybridized carbons (Fsp3) is 0.176. The standard InChI is InChI=1S/C17H16N4O4/c1-25-13-7-5-12(6-8-13)9-10-18-16-15(21(23)24)17(22)20-11-3-2-4-14(20)19-16/h2-8,11,18H,9-10H2,1H3. The number of nitrogens with one attached hydrogen (secondary N) is 1. The van der Waals surface area contributed by atoms with Crippen LogP contribution in [0.5, 0.6) is 5.75 Å². The number of anilines is 1. The molecule has 0 saturated heterocycles. The Morgan fingerprint density at radius 3 is 2.68 bits per heavy atom. The summed E-state index contributed by atoms with van der Waals surface area (Å²) in [6.07, 6.45) is 2.08. The van der Waals surface area contributed by atoms with Gasteiger partial charge < -0.3 is 10.1 Å². The van der Waals surface area contributed by atoms with Crippen molar-refractivity contribution in [1.82, 2.24) is 9.38 Å². The van der Waals surface area contributed by atoms with Crippen molar-refractivity contribution in [3.05, 3.63) is 74.7 Å². The molecule has 0 atom stereocenters. The Morgan fingerprint density at radius 2 is 2.00 bits per heavy atom. The smallest absolute Gasteiger partial charge is 0.376 e. The summed E-state index contributed by atoms with van der Waals surface area (Å²) in [5.41, 5.74) is 0.125. The van der Waals surface area contributed by atoms with Crippen molar-refractivity contribution in [3.63, 3.8) is 0 Å². The predicted octanol–water partition coefficient (Wildman–Crippen LogP) is 2.27. The van der Waals surface area contributed by atoms with Crippen molar-refractivity contribution < 1.29 is 9.66 Å². The Morgan fingerprint density at radius 1 is 1.24 bits per heavy atom. The molecule has 0 aliphatic carbocycles. The zero-order chi connectivity index (χ0) is 17.8. The molecule has 8 heteroatoms. The normalized spacial score (nSPS) is 10.6. The van der Waals surface area contributed by atoms with Gasteiger partial charge in [-0.25, -0.2) is 4.98 Å². The molecule has 128 valence electrons. The number of fused-ring (bicyclic) bond motifs is 1. The molecule has 0 fully saturated rings. The van der Waals surface area contributed by atoms with Gasteiger partial charge in [-0.3, -0.25) is 19.3 Å². The maximum Gasteiger partial charge on any atom is 0.376 e. The Labute approximate surface area is 142 Å². The minimum Gasteiger partial charge on any atom is -0.497 e. The molecule has 0 saturated carbocycles. The van der Waals surface area contributed by atoms with E-state index in [1.165, 1.54) is 6.20 Å². The van der Waals surface area contributed by atoms with Gasteiger partial charge in [0.05, 0.1) is 12.0 Å². The van der Waals surface area contributed by atoms with E-state index in [1.54, 1.807) is 25.3 Å². The first-order chi connectivity index (χ1) is 12.1. The van der Waals surface area contributed by atoms with Gasteiger partial charge in [0.1, 0.15) is 11.4 Å². The summed E-state index contributed by atoms with van der Waals surface area (Å²) in [6, 6.07) is 12.5. The lowest BCUT2D eigenvalue weighted by Crippen LogP contribution is -2.21. The Hall–Kier alpha value is -3.42. The summed E-state index contributed by atoms with van der Waals surface area (Å²) >= 11 is 0. The highest BCUT2D eigenvalue weighted by Crippen LogP contribution is 2.18. The Bertz CT molecular complexity index is 967. The number of nitro groups is 1. The summed E-state index contributed by atoms with van der Waals surface area (Å²) in [5, 5.41) is 14.2. The molecular formula is C17H16N4O4. The molecule has 0 bridgehead atoms. The summed E-state index contributed by atoms with van der Waals surface area (Å²) < 4.78 is 6.26. The summed E-state index contributed by atoms with van der Waals surface area (Å²) in [6.45, 7) is 0.405. The molecule has 8 nitrogen and oxygen atoms in total. The number of methoxy groups -OCH3 is 1. The monoisotopic (exact) mass is 340 g/mol. The van der Waals surface area contributed by atoms with E-state index in [0.717, 1.165) is 15.7 Å². The van der Waals surface area contributed by atoms with Crippen molar-refractivity contribution in [2.75, 3.05) is 19.0 Å². The number of ether oxygens (including phenoxy) is 1. The molecule has 3 rings (SSSR count). The number of hydrogen-bond donors (Lipinski definition) is 1. The van der Waals surface area contributed by atoms with E-state index in [0.29, 0.717) is 18.6 Å². The van der Waals surface area contributed by atoms with Crippen molar-refractivity contribution in [2.24, 2.45) is 0 Å². The van der Waals surface area contributed by atoms with Crippen molar-refractivity contribution >= 4 is 17.2 Å². The molecule has 1 aromatic carbocycles. The molecule has 0 spiro atoms. The first kappa shape index (κ1) is 16.4. The van der Waals surface area contributed by atoms with Gasteiger partial charge in [0.2, 0.25) is 5.82 Å². The van der Waals surface area contributed by atoms with Gasteiger partial charge in [-0.15, -0.1) is 0 Å². The zero-order valence-corrected chi connectivity index (χ0v) is 13.5. The third-order valence-corrected chi connectivity index (χ3v) is 3.76. The second-order valence-corrected chi connectivity index (χ2v) is 5.32. The largest absolute Gasteiger partial charge is 0.497 e. The average Bonchev–Trinajstić information content (AvgIpc) is 2.62. The first-order valence-electron chi connectivity index (χ1n) is 7.63. The van der Waals surface area contributed by atoms with Gasteiger partial charge >= 0.3 is 11.2 Å². The van der Waals surface area contributed by atoms with E-state index in [1.807, 2.05) is 24.3 Å². The highest BCUT2D eigenvalue weighted by atomic mass is 16.6. The molecule has 1 N–H and O–H groups in total. The molecule has 25 heavy (non-hydrogen) atoms. The molecule has 2 aromatic heterocycles. The van der Waals surface area contributed by atoms with Gasteiger partial charge in [-0.2, -0.15) is 0 Å². The highest BCUT2D eigenvalue weighted by molar-refractivity contribution is 5.59. The fourth-order valence-electron chi connectivity index (χ4n) is 2.49. The lowest BCUT2D eigenvalue weighted by molar-refractivity contribution is -0.385. The number of rotatable bonds is 6. The van der Waals surface area contributed by atoms with Crippen LogP contribution in [0.15, 0.2) is 53.5 Å². The third kappa shape index (κ3) is 3.42. The van der Waals surface area contributed by atoms with Crippen LogP contribution < -0.4 is 15.6 Å². The lowest BCUT2D eigenvalue weighted by Gasteiger charge is -2.08. The van der Waals surface area contributed by atoms with Gasteiger partial charge in [0, 0.05) is 12.7 Å². The van der Waals surface area contributed by atoms with Crippen LogP contribution in [0.25, 0.3) is 5.65 Å². The SMILES string of the molecule is COc1ccc(CCNc2nc3ccccn3c(=O)c2[N+](=O)[O-])cc1. The van der Waals surface area contributed by atoms with E-state index in [9.17, 15) is 14.9 Å². The predicted molar refractivity (Wildman–Crippen MR) is 93.3 cm³/mol. The van der Waals surface area contributed by atoms with E-state index < -0.39 is 16.2 Å². The van der Waals surface area contributed by atoms with Crippen molar-refractivity contribution in [1.29, 1.82) is 0 Å². The molecule has 0 aliphatic heterocycles. The van der Waals surface area contributed by atoms with Gasteiger partial charge in [0.15, 0.2) is 0 Å². The third-order valence-electron chi connectivity index (χ3n) is 3.76. The number of hydrogen-bond acceptors (Lipinski definition) is 6. The van der Waals surface area contributed by atoms with Crippen LogP contribution in [-0.2, 0) is 6.42 Å². The lowest BCUT2D eigenvalue weighted by atomic mass is 10.1. The van der Waals surface area contributed by atoms with E-state index in [2.05, 4.69) is 10.3 Å². The summed E-state index contributed by atoms with van der Waals surface area (Å²) in [4.78, 5) is 27.1. The molecule has 3 aromatic rings. The van der Waals surface area contributed by atoms with Crippen LogP contribution in [0.2, 0.25) is 0 Å². The van der Waals surface area contributed by atoms with Gasteiger partial charge in [0.25, 0.3) is 0 Å². The Kier molecular flexibility index (Phi) is 4.60. The zero-order valence-electron chi connectivity index (χ0n) is 13.5. The molecule has 0 aliphatic rings. The molecular weight excluding hydrogens is 324 g/mol. The van der Waals surface area contributed by atoms with Gasteiger partial charge in [-0.1, -0.05) is 18.2 Å². The number of aromatic nitrogens is 2. The molecule has 2 heterocycles. The summed E-state index contributed by atoms with van der Waals surface area (Å²) in [7, 11) is 1.60. The van der Waals surface area contributed by atoms with Crippen LogP contribution in [0.1, 0.15) is 5.56 Å². The second-order valence-electron chi connectivity index (χ2n) is 5.32. The number of nitrogens with zero attached hydrogens (tertiary/aromatic N) is 3. The van der Waals surface area contributed by atoms with Crippen molar-refractivity contribution in [3.8, 4) is 5.75 Å². The minimum atomic E-state index is -0.706. The topological polar surface area (TPSA) is 98.8 Å². The van der Waals surface area contributed by atoms with Crippen LogP contribution in [0.4, 0.5) is 11.5 Å². The number of pyridine rings is 1. The molecule has 0 amide bonds. The maximum atomic E-state index is 12.3. The second kappa shape index (κ2) is 7.00. The first-order valence-corrected chi connectivity index (χ1v) is 7.63. The molecule has 0 unspecified atom stereocenters. The van der Waals surface area contributed by atoms with Crippen LogP contribution in [0, 0.1) is 10.1 Å². The average molecular weight is 340 g/mol. The van der Waals surface area contributed by atoms with Crippen molar-refractivity contribution in [2.45, 2.75) is 6.42 Å². The molecule has 0 radical (unpaired) electrons. The highest BCUT2D eigenvalue weighted by Gasteiger charge is 2.23. The van der Waals surface area contributed by atoms with Crippen LogP contribution in [0.3, 0.4) is 0 Å². The maximum absolute atomic E-state index is 12.3. The van der Waals surface area contributed by atoms with Gasteiger partial charge in [-0.05, 0) is 36.2 Å². The number of benzene rings is 1. The Balaban J connectivity index is 1.83. The quantitative estimate of drug-likeness (QED) is 0.546. The van der Waals surface area contributed by atoms with E-state index in [-0.39, 0.29) is 5.82 Å².